The molecule has 2 aromatic rings. The summed E-state index contributed by atoms with van der Waals surface area (Å²) in [5.74, 6) is -0.0949. The van der Waals surface area contributed by atoms with Crippen molar-refractivity contribution in [2.75, 3.05) is 18.8 Å². The number of piperidine rings is 1. The second-order valence-electron chi connectivity index (χ2n) is 6.81. The number of nitrogens with two attached hydrogens (primary N) is 1. The molecule has 4 heterocycles. The van der Waals surface area contributed by atoms with Crippen LogP contribution in [0.2, 0.25) is 0 Å². The first kappa shape index (κ1) is 17.0. The van der Waals surface area contributed by atoms with Crippen LogP contribution in [0.4, 0.5) is 5.13 Å². The van der Waals surface area contributed by atoms with Gasteiger partial charge in [0.2, 0.25) is 5.91 Å². The highest BCUT2D eigenvalue weighted by molar-refractivity contribution is 7.17. The van der Waals surface area contributed by atoms with E-state index in [0.717, 1.165) is 18.5 Å². The molecule has 26 heavy (non-hydrogen) atoms. The SMILES string of the molecule is Nc1ncc(C(=O)N2CCCC23CCCN(Cc2ccccn2)C3=O)s1. The maximum atomic E-state index is 13.4. The quantitative estimate of drug-likeness (QED) is 0.890. The number of hydrogen-bond acceptors (Lipinski definition) is 6. The summed E-state index contributed by atoms with van der Waals surface area (Å²) in [4.78, 5) is 38.8. The van der Waals surface area contributed by atoms with Gasteiger partial charge < -0.3 is 15.5 Å². The molecule has 2 N–H and O–H groups in total. The fraction of sp³-hybridized carbons (Fsp3) is 0.444. The van der Waals surface area contributed by atoms with Crippen molar-refractivity contribution in [3.8, 4) is 0 Å². The summed E-state index contributed by atoms with van der Waals surface area (Å²) >= 11 is 1.18. The van der Waals surface area contributed by atoms with Crippen LogP contribution in [0.25, 0.3) is 0 Å². The van der Waals surface area contributed by atoms with E-state index in [1.54, 1.807) is 11.1 Å². The largest absolute Gasteiger partial charge is 0.375 e. The van der Waals surface area contributed by atoms with E-state index in [4.69, 9.17) is 5.73 Å². The predicted molar refractivity (Wildman–Crippen MR) is 98.4 cm³/mol. The van der Waals surface area contributed by atoms with Gasteiger partial charge in [-0.25, -0.2) is 4.98 Å². The highest BCUT2D eigenvalue weighted by Gasteiger charge is 2.53. The van der Waals surface area contributed by atoms with Crippen LogP contribution in [0, 0.1) is 0 Å². The van der Waals surface area contributed by atoms with Crippen LogP contribution in [0.5, 0.6) is 0 Å². The molecule has 0 aliphatic carbocycles. The van der Waals surface area contributed by atoms with Crippen molar-refractivity contribution >= 4 is 28.3 Å². The third kappa shape index (κ3) is 2.84. The van der Waals surface area contributed by atoms with Gasteiger partial charge >= 0.3 is 0 Å². The molecule has 0 aromatic carbocycles. The molecule has 7 nitrogen and oxygen atoms in total. The van der Waals surface area contributed by atoms with E-state index in [-0.39, 0.29) is 11.8 Å². The minimum Gasteiger partial charge on any atom is -0.375 e. The third-order valence-electron chi connectivity index (χ3n) is 5.25. The minimum atomic E-state index is -0.733. The Morgan fingerprint density at radius 1 is 1.23 bits per heavy atom. The molecule has 2 amide bonds. The lowest BCUT2D eigenvalue weighted by molar-refractivity contribution is -0.146. The average Bonchev–Trinajstić information content (AvgIpc) is 3.27. The smallest absolute Gasteiger partial charge is 0.266 e. The van der Waals surface area contributed by atoms with Gasteiger partial charge in [-0.2, -0.15) is 0 Å². The number of thiazole rings is 1. The molecular weight excluding hydrogens is 350 g/mol. The van der Waals surface area contributed by atoms with Crippen molar-refractivity contribution in [3.63, 3.8) is 0 Å². The number of hydrogen-bond donors (Lipinski definition) is 1. The van der Waals surface area contributed by atoms with Crippen LogP contribution in [0.15, 0.2) is 30.6 Å². The Bertz CT molecular complexity index is 824. The number of carbonyl (C=O) groups excluding carboxylic acids is 2. The topological polar surface area (TPSA) is 92.4 Å². The highest BCUT2D eigenvalue weighted by Crippen LogP contribution is 2.40. The third-order valence-corrected chi connectivity index (χ3v) is 6.07. The number of rotatable bonds is 3. The fourth-order valence-electron chi connectivity index (χ4n) is 4.08. The zero-order chi connectivity index (χ0) is 18.1. The first-order valence-corrected chi connectivity index (χ1v) is 9.64. The van der Waals surface area contributed by atoms with Crippen molar-refractivity contribution in [3.05, 3.63) is 41.2 Å². The molecule has 2 fully saturated rings. The summed E-state index contributed by atoms with van der Waals surface area (Å²) in [5, 5.41) is 0.369. The van der Waals surface area contributed by atoms with Crippen LogP contribution >= 0.6 is 11.3 Å². The highest BCUT2D eigenvalue weighted by atomic mass is 32.1. The van der Waals surface area contributed by atoms with E-state index in [0.29, 0.717) is 42.5 Å². The van der Waals surface area contributed by atoms with E-state index in [2.05, 4.69) is 9.97 Å². The molecule has 2 aliphatic rings. The number of amides is 2. The van der Waals surface area contributed by atoms with Crippen LogP contribution in [0.1, 0.15) is 41.0 Å². The lowest BCUT2D eigenvalue weighted by atomic mass is 9.85. The second kappa shape index (κ2) is 6.68. The maximum Gasteiger partial charge on any atom is 0.266 e. The molecule has 1 unspecified atom stereocenters. The molecule has 0 saturated carbocycles. The van der Waals surface area contributed by atoms with E-state index in [9.17, 15) is 9.59 Å². The van der Waals surface area contributed by atoms with Crippen LogP contribution in [0.3, 0.4) is 0 Å². The van der Waals surface area contributed by atoms with Gasteiger partial charge in [0.05, 0.1) is 18.4 Å². The van der Waals surface area contributed by atoms with Gasteiger partial charge in [-0.3, -0.25) is 14.6 Å². The first-order valence-electron chi connectivity index (χ1n) is 8.83. The second-order valence-corrected chi connectivity index (χ2v) is 7.87. The summed E-state index contributed by atoms with van der Waals surface area (Å²) in [6.07, 6.45) is 6.39. The van der Waals surface area contributed by atoms with Crippen molar-refractivity contribution in [2.24, 2.45) is 0 Å². The monoisotopic (exact) mass is 371 g/mol. The summed E-state index contributed by atoms with van der Waals surface area (Å²) in [5.41, 5.74) is 5.81. The van der Waals surface area contributed by atoms with E-state index < -0.39 is 5.54 Å². The van der Waals surface area contributed by atoms with Gasteiger partial charge in [-0.15, -0.1) is 0 Å². The Labute approximate surface area is 155 Å². The van der Waals surface area contributed by atoms with Crippen LogP contribution in [-0.2, 0) is 11.3 Å². The molecule has 0 bridgehead atoms. The van der Waals surface area contributed by atoms with E-state index in [1.807, 2.05) is 23.1 Å². The molecule has 8 heteroatoms. The van der Waals surface area contributed by atoms with Crippen LogP contribution < -0.4 is 5.73 Å². The Balaban J connectivity index is 1.59. The predicted octanol–water partition coefficient (Wildman–Crippen LogP) is 1.92. The molecule has 0 radical (unpaired) electrons. The summed E-state index contributed by atoms with van der Waals surface area (Å²) < 4.78 is 0. The van der Waals surface area contributed by atoms with E-state index >= 15 is 0 Å². The number of nitrogen functional groups attached to an aromatic ring is 1. The van der Waals surface area contributed by atoms with Gasteiger partial charge in [0.15, 0.2) is 5.13 Å². The van der Waals surface area contributed by atoms with Gasteiger partial charge in [-0.05, 0) is 37.8 Å². The lowest BCUT2D eigenvalue weighted by Crippen LogP contribution is -2.61. The zero-order valence-corrected chi connectivity index (χ0v) is 15.2. The Hall–Kier alpha value is -2.48. The average molecular weight is 371 g/mol. The molecule has 2 saturated heterocycles. The van der Waals surface area contributed by atoms with Gasteiger partial charge in [0, 0.05) is 19.3 Å². The minimum absolute atomic E-state index is 0.0396. The number of pyridine rings is 1. The number of aromatic nitrogens is 2. The van der Waals surface area contributed by atoms with Crippen molar-refractivity contribution in [1.82, 2.24) is 19.8 Å². The molecule has 1 spiro atoms. The summed E-state index contributed by atoms with van der Waals surface area (Å²) in [7, 11) is 0. The van der Waals surface area contributed by atoms with Crippen LogP contribution in [-0.4, -0.2) is 50.2 Å². The Morgan fingerprint density at radius 2 is 2.04 bits per heavy atom. The van der Waals surface area contributed by atoms with Gasteiger partial charge in [0.25, 0.3) is 5.91 Å². The van der Waals surface area contributed by atoms with Crippen molar-refractivity contribution in [1.29, 1.82) is 0 Å². The summed E-state index contributed by atoms with van der Waals surface area (Å²) in [6.45, 7) is 1.78. The molecule has 1 atom stereocenters. The zero-order valence-electron chi connectivity index (χ0n) is 14.4. The number of likely N-dealkylation sites (tertiary alicyclic amines) is 2. The number of nitrogens with zero attached hydrogens (tertiary/aromatic N) is 4. The first-order chi connectivity index (χ1) is 12.6. The van der Waals surface area contributed by atoms with Crippen molar-refractivity contribution in [2.45, 2.75) is 37.8 Å². The summed E-state index contributed by atoms with van der Waals surface area (Å²) in [6, 6.07) is 5.71. The fourth-order valence-corrected chi connectivity index (χ4v) is 4.71. The molecule has 2 aromatic heterocycles. The Morgan fingerprint density at radius 3 is 2.73 bits per heavy atom. The van der Waals surface area contributed by atoms with Gasteiger partial charge in [0.1, 0.15) is 10.4 Å². The number of anilines is 1. The normalized spacial score (nSPS) is 23.0. The van der Waals surface area contributed by atoms with Gasteiger partial charge in [-0.1, -0.05) is 17.4 Å². The standard InChI is InChI=1S/C18H21N5O2S/c19-17-21-11-14(26-17)15(24)23-10-4-7-18(23)6-3-9-22(16(18)25)12-13-5-1-2-8-20-13/h1-2,5,8,11H,3-4,6-7,9-10,12H2,(H2,19,21). The van der Waals surface area contributed by atoms with Crippen molar-refractivity contribution < 1.29 is 9.59 Å². The molecule has 2 aliphatic heterocycles. The maximum absolute atomic E-state index is 13.4. The number of carbonyl (C=O) groups is 2. The Kier molecular flexibility index (Phi) is 4.36. The van der Waals surface area contributed by atoms with E-state index in [1.165, 1.54) is 17.5 Å². The molecular formula is C18H21N5O2S. The molecule has 4 rings (SSSR count). The molecule has 136 valence electrons. The lowest BCUT2D eigenvalue weighted by Gasteiger charge is -2.44.